The second-order valence-electron chi connectivity index (χ2n) is 6.75. The van der Waals surface area contributed by atoms with Crippen LogP contribution in [0.2, 0.25) is 0 Å². The van der Waals surface area contributed by atoms with Gasteiger partial charge in [0.1, 0.15) is 11.3 Å². The van der Waals surface area contributed by atoms with Crippen LogP contribution in [-0.4, -0.2) is 21.3 Å². The van der Waals surface area contributed by atoms with Crippen LogP contribution in [0.1, 0.15) is 69.7 Å². The zero-order chi connectivity index (χ0) is 19.8. The molecule has 146 valence electrons. The average molecular weight is 371 g/mol. The van der Waals surface area contributed by atoms with E-state index in [0.29, 0.717) is 23.9 Å². The molecule has 6 heteroatoms. The number of nitrogens with zero attached hydrogens (tertiary/aromatic N) is 2. The van der Waals surface area contributed by atoms with Crippen molar-refractivity contribution >= 4 is 22.5 Å². The van der Waals surface area contributed by atoms with Gasteiger partial charge in [-0.15, -0.1) is 0 Å². The molecule has 0 aliphatic rings. The summed E-state index contributed by atoms with van der Waals surface area (Å²) in [6.45, 7) is 6.38. The van der Waals surface area contributed by atoms with E-state index in [2.05, 4.69) is 17.5 Å². The molecule has 1 aromatic heterocycles. The molecular formula is C21H29N3O3. The number of aromatic nitrogens is 1. The number of hydrogen-bond donors (Lipinski definition) is 2. The molecule has 0 aliphatic carbocycles. The number of carbonyl (C=O) groups excluding carboxylic acids is 1. The van der Waals surface area contributed by atoms with E-state index in [1.165, 1.54) is 6.42 Å². The SMILES string of the molecule is CCCCCCCn1c(=O)c(C(=O)N/N=C(\C)CC)c(O)c2ccccc21. The molecule has 0 radical (unpaired) electrons. The van der Waals surface area contributed by atoms with Crippen LogP contribution in [0.5, 0.6) is 5.75 Å². The predicted octanol–water partition coefficient (Wildman–Crippen LogP) is 4.19. The molecule has 0 unspecified atom stereocenters. The van der Waals surface area contributed by atoms with E-state index in [0.717, 1.165) is 31.4 Å². The lowest BCUT2D eigenvalue weighted by atomic mass is 10.1. The highest BCUT2D eigenvalue weighted by Crippen LogP contribution is 2.26. The van der Waals surface area contributed by atoms with Gasteiger partial charge in [-0.25, -0.2) is 5.43 Å². The third-order valence-corrected chi connectivity index (χ3v) is 4.72. The highest BCUT2D eigenvalue weighted by Gasteiger charge is 2.21. The number of para-hydroxylation sites is 1. The summed E-state index contributed by atoms with van der Waals surface area (Å²) in [7, 11) is 0. The first kappa shape index (κ1) is 20.7. The number of aryl methyl sites for hydroxylation is 1. The molecule has 2 aromatic rings. The number of nitrogens with one attached hydrogen (secondary N) is 1. The molecule has 27 heavy (non-hydrogen) atoms. The monoisotopic (exact) mass is 371 g/mol. The number of pyridine rings is 1. The molecule has 1 amide bonds. The summed E-state index contributed by atoms with van der Waals surface area (Å²) in [5, 5.41) is 15.0. The van der Waals surface area contributed by atoms with Gasteiger partial charge in [-0.3, -0.25) is 9.59 Å². The Balaban J connectivity index is 2.42. The highest BCUT2D eigenvalue weighted by atomic mass is 16.3. The number of hydrazone groups is 1. The number of hydrogen-bond acceptors (Lipinski definition) is 4. The summed E-state index contributed by atoms with van der Waals surface area (Å²) in [5.41, 5.74) is 3.02. The van der Waals surface area contributed by atoms with Gasteiger partial charge in [-0.1, -0.05) is 51.7 Å². The van der Waals surface area contributed by atoms with Crippen molar-refractivity contribution in [1.29, 1.82) is 0 Å². The third-order valence-electron chi connectivity index (χ3n) is 4.72. The Hall–Kier alpha value is -2.63. The maximum absolute atomic E-state index is 13.0. The van der Waals surface area contributed by atoms with Gasteiger partial charge in [0.2, 0.25) is 0 Å². The Morgan fingerprint density at radius 2 is 1.85 bits per heavy atom. The van der Waals surface area contributed by atoms with Crippen molar-refractivity contribution in [3.63, 3.8) is 0 Å². The minimum absolute atomic E-state index is 0.255. The number of carbonyl (C=O) groups is 1. The fourth-order valence-electron chi connectivity index (χ4n) is 2.97. The molecule has 0 fully saturated rings. The molecule has 0 atom stereocenters. The van der Waals surface area contributed by atoms with E-state index in [1.807, 2.05) is 13.0 Å². The number of rotatable bonds is 9. The van der Waals surface area contributed by atoms with Crippen LogP contribution in [0, 0.1) is 0 Å². The quantitative estimate of drug-likeness (QED) is 0.394. The van der Waals surface area contributed by atoms with Gasteiger partial charge < -0.3 is 9.67 Å². The van der Waals surface area contributed by atoms with Gasteiger partial charge in [0.25, 0.3) is 11.5 Å². The number of benzene rings is 1. The average Bonchev–Trinajstić information content (AvgIpc) is 2.68. The van der Waals surface area contributed by atoms with E-state index in [4.69, 9.17) is 0 Å². The number of unbranched alkanes of at least 4 members (excludes halogenated alkanes) is 4. The first-order chi connectivity index (χ1) is 13.0. The minimum atomic E-state index is -0.684. The minimum Gasteiger partial charge on any atom is -0.506 e. The van der Waals surface area contributed by atoms with Crippen LogP contribution < -0.4 is 11.0 Å². The van der Waals surface area contributed by atoms with Crippen LogP contribution in [-0.2, 0) is 6.54 Å². The number of aromatic hydroxyl groups is 1. The number of amides is 1. The fraction of sp³-hybridized carbons (Fsp3) is 0.476. The fourth-order valence-corrected chi connectivity index (χ4v) is 2.97. The van der Waals surface area contributed by atoms with Crippen LogP contribution >= 0.6 is 0 Å². The predicted molar refractivity (Wildman–Crippen MR) is 109 cm³/mol. The van der Waals surface area contributed by atoms with Gasteiger partial charge in [0, 0.05) is 17.6 Å². The summed E-state index contributed by atoms with van der Waals surface area (Å²) in [6, 6.07) is 7.11. The van der Waals surface area contributed by atoms with Crippen molar-refractivity contribution in [3.8, 4) is 5.75 Å². The Morgan fingerprint density at radius 3 is 2.56 bits per heavy atom. The number of fused-ring (bicyclic) bond motifs is 1. The van der Waals surface area contributed by atoms with Crippen LogP contribution in [0.4, 0.5) is 0 Å². The standard InChI is InChI=1S/C21H29N3O3/c1-4-6-7-8-11-14-24-17-13-10-9-12-16(17)19(25)18(21(24)27)20(26)23-22-15(3)5-2/h9-10,12-13,25H,4-8,11,14H2,1-3H3,(H,23,26)/b22-15+. The smallest absolute Gasteiger partial charge is 0.280 e. The lowest BCUT2D eigenvalue weighted by molar-refractivity contribution is 0.0950. The van der Waals surface area contributed by atoms with Crippen molar-refractivity contribution in [1.82, 2.24) is 9.99 Å². The molecule has 0 bridgehead atoms. The third kappa shape index (κ3) is 4.96. The van der Waals surface area contributed by atoms with Gasteiger partial charge in [-0.05, 0) is 31.9 Å². The van der Waals surface area contributed by atoms with Crippen molar-refractivity contribution < 1.29 is 9.90 Å². The summed E-state index contributed by atoms with van der Waals surface area (Å²) >= 11 is 0. The molecule has 1 heterocycles. The summed E-state index contributed by atoms with van der Waals surface area (Å²) < 4.78 is 1.59. The van der Waals surface area contributed by atoms with Crippen molar-refractivity contribution in [2.24, 2.45) is 5.10 Å². The van der Waals surface area contributed by atoms with Crippen LogP contribution in [0.15, 0.2) is 34.2 Å². The van der Waals surface area contributed by atoms with E-state index >= 15 is 0 Å². The lowest BCUT2D eigenvalue weighted by Crippen LogP contribution is -2.32. The van der Waals surface area contributed by atoms with Crippen molar-refractivity contribution in [2.45, 2.75) is 65.8 Å². The van der Waals surface area contributed by atoms with Crippen LogP contribution in [0.25, 0.3) is 10.9 Å². The molecule has 0 aliphatic heterocycles. The first-order valence-electron chi connectivity index (χ1n) is 9.69. The van der Waals surface area contributed by atoms with Gasteiger partial charge >= 0.3 is 0 Å². The van der Waals surface area contributed by atoms with Gasteiger partial charge in [-0.2, -0.15) is 5.10 Å². The van der Waals surface area contributed by atoms with Gasteiger partial charge in [0.05, 0.1) is 5.52 Å². The summed E-state index contributed by atoms with van der Waals surface area (Å²) in [6.07, 6.45) is 6.02. The molecule has 0 saturated heterocycles. The zero-order valence-electron chi connectivity index (χ0n) is 16.4. The molecular weight excluding hydrogens is 342 g/mol. The van der Waals surface area contributed by atoms with Crippen molar-refractivity contribution in [2.75, 3.05) is 0 Å². The normalized spacial score (nSPS) is 11.7. The zero-order valence-corrected chi connectivity index (χ0v) is 16.4. The molecule has 2 rings (SSSR count). The maximum Gasteiger partial charge on any atom is 0.280 e. The molecule has 2 N–H and O–H groups in total. The highest BCUT2D eigenvalue weighted by molar-refractivity contribution is 6.02. The van der Waals surface area contributed by atoms with Crippen molar-refractivity contribution in [3.05, 3.63) is 40.2 Å². The largest absolute Gasteiger partial charge is 0.506 e. The van der Waals surface area contributed by atoms with Crippen LogP contribution in [0.3, 0.4) is 0 Å². The topological polar surface area (TPSA) is 83.7 Å². The maximum atomic E-state index is 13.0. The van der Waals surface area contributed by atoms with E-state index in [1.54, 1.807) is 29.7 Å². The molecule has 0 saturated carbocycles. The molecule has 0 spiro atoms. The molecule has 1 aromatic carbocycles. The summed E-state index contributed by atoms with van der Waals surface area (Å²) in [5.74, 6) is -0.976. The lowest BCUT2D eigenvalue weighted by Gasteiger charge is -2.14. The molecule has 6 nitrogen and oxygen atoms in total. The van der Waals surface area contributed by atoms with E-state index in [9.17, 15) is 14.7 Å². The van der Waals surface area contributed by atoms with E-state index in [-0.39, 0.29) is 11.3 Å². The van der Waals surface area contributed by atoms with E-state index < -0.39 is 11.5 Å². The second kappa shape index (κ2) is 9.90. The second-order valence-corrected chi connectivity index (χ2v) is 6.75. The Bertz CT molecular complexity index is 884. The Labute approximate surface area is 159 Å². The van der Waals surface area contributed by atoms with Gasteiger partial charge in [0.15, 0.2) is 0 Å². The summed E-state index contributed by atoms with van der Waals surface area (Å²) in [4.78, 5) is 25.5. The Morgan fingerprint density at radius 1 is 1.15 bits per heavy atom. The first-order valence-corrected chi connectivity index (χ1v) is 9.69. The Kier molecular flexibility index (Phi) is 7.58.